The van der Waals surface area contributed by atoms with Crippen LogP contribution in [0, 0.1) is 0 Å². The van der Waals surface area contributed by atoms with E-state index in [2.05, 4.69) is 0 Å². The highest BCUT2D eigenvalue weighted by atomic mass is 35.5. The van der Waals surface area contributed by atoms with Crippen LogP contribution in [0.5, 0.6) is 5.75 Å². The van der Waals surface area contributed by atoms with E-state index < -0.39 is 0 Å². The van der Waals surface area contributed by atoms with Crippen LogP contribution in [0.2, 0.25) is 5.02 Å². The van der Waals surface area contributed by atoms with Crippen LogP contribution in [0.1, 0.15) is 27.0 Å². The van der Waals surface area contributed by atoms with Gasteiger partial charge < -0.3 is 14.9 Å². The first-order chi connectivity index (χ1) is 12.3. The number of carbonyl (C=O) groups is 1. The molecule has 138 valence electrons. The summed E-state index contributed by atoms with van der Waals surface area (Å²) in [6.45, 7) is 1.12. The summed E-state index contributed by atoms with van der Waals surface area (Å²) in [4.78, 5) is 16.6. The Kier molecular flexibility index (Phi) is 6.98. The highest BCUT2D eigenvalue weighted by Crippen LogP contribution is 2.27. The second-order valence-corrected chi connectivity index (χ2v) is 7.31. The van der Waals surface area contributed by atoms with Crippen LogP contribution >= 0.6 is 11.6 Å². The molecule has 2 aromatic carbocycles. The van der Waals surface area contributed by atoms with Gasteiger partial charge >= 0.3 is 0 Å². The zero-order valence-corrected chi connectivity index (χ0v) is 16.4. The lowest BCUT2D eigenvalue weighted by Crippen LogP contribution is -2.15. The number of aromatic hydroxyl groups is 1. The topological polar surface area (TPSA) is 43.8 Å². The van der Waals surface area contributed by atoms with E-state index in [1.54, 1.807) is 30.3 Å². The summed E-state index contributed by atoms with van der Waals surface area (Å²) in [5.41, 5.74) is 2.92. The van der Waals surface area contributed by atoms with Gasteiger partial charge in [-0.3, -0.25) is 4.79 Å². The van der Waals surface area contributed by atoms with Gasteiger partial charge in [0, 0.05) is 34.8 Å². The molecule has 0 fully saturated rings. The maximum atomic E-state index is 12.7. The predicted molar refractivity (Wildman–Crippen MR) is 108 cm³/mol. The normalized spacial score (nSPS) is 11.7. The largest absolute Gasteiger partial charge is 0.507 e. The minimum Gasteiger partial charge on any atom is -0.507 e. The van der Waals surface area contributed by atoms with E-state index in [9.17, 15) is 9.90 Å². The van der Waals surface area contributed by atoms with Crippen LogP contribution in [0.15, 0.2) is 42.5 Å². The number of ketones is 1. The number of carbonyl (C=O) groups excluding carboxylic acids is 1. The second-order valence-electron chi connectivity index (χ2n) is 6.87. The zero-order chi connectivity index (χ0) is 19.3. The molecule has 5 heteroatoms. The van der Waals surface area contributed by atoms with E-state index in [0.29, 0.717) is 23.7 Å². The van der Waals surface area contributed by atoms with Crippen molar-refractivity contribution in [1.29, 1.82) is 0 Å². The molecule has 0 atom stereocenters. The Bertz CT molecular complexity index is 782. The lowest BCUT2D eigenvalue weighted by molar-refractivity contribution is 0.104. The number of nitrogens with zero attached hydrogens (tertiary/aromatic N) is 2. The Morgan fingerprint density at radius 2 is 1.62 bits per heavy atom. The molecule has 0 bridgehead atoms. The minimum absolute atomic E-state index is 0.106. The molecule has 0 unspecified atom stereocenters. The van der Waals surface area contributed by atoms with Gasteiger partial charge in [0.1, 0.15) is 5.75 Å². The number of halogens is 1. The fourth-order valence-corrected chi connectivity index (χ4v) is 2.90. The van der Waals surface area contributed by atoms with Gasteiger partial charge in [0.25, 0.3) is 0 Å². The van der Waals surface area contributed by atoms with Crippen LogP contribution in [0.3, 0.4) is 0 Å². The summed E-state index contributed by atoms with van der Waals surface area (Å²) < 4.78 is 0. The molecule has 0 aliphatic rings. The molecule has 0 aliphatic heterocycles. The molecule has 0 heterocycles. The number of hydrogen-bond acceptors (Lipinski definition) is 4. The van der Waals surface area contributed by atoms with E-state index in [-0.39, 0.29) is 11.5 Å². The molecule has 0 aromatic heterocycles. The van der Waals surface area contributed by atoms with Gasteiger partial charge in [-0.25, -0.2) is 0 Å². The van der Waals surface area contributed by atoms with Crippen molar-refractivity contribution >= 4 is 23.5 Å². The SMILES string of the molecule is CN(C)Cc1cc(C(=O)/C=C\c2cccc(Cl)c2)cc(CN(C)C)c1O. The first-order valence-corrected chi connectivity index (χ1v) is 8.76. The maximum absolute atomic E-state index is 12.7. The smallest absolute Gasteiger partial charge is 0.185 e. The van der Waals surface area contributed by atoms with Crippen molar-refractivity contribution in [1.82, 2.24) is 9.80 Å². The minimum atomic E-state index is -0.106. The molecule has 2 rings (SSSR count). The second kappa shape index (κ2) is 8.99. The summed E-state index contributed by atoms with van der Waals surface area (Å²) in [5.74, 6) is 0.146. The van der Waals surface area contributed by atoms with Crippen molar-refractivity contribution in [2.24, 2.45) is 0 Å². The average molecular weight is 373 g/mol. The molecule has 0 amide bonds. The van der Waals surface area contributed by atoms with Gasteiger partial charge in [-0.05, 0) is 64.1 Å². The number of phenolic OH excluding ortho intramolecular Hbond substituents is 1. The lowest BCUT2D eigenvalue weighted by Gasteiger charge is -2.17. The van der Waals surface area contributed by atoms with E-state index in [0.717, 1.165) is 16.7 Å². The van der Waals surface area contributed by atoms with E-state index >= 15 is 0 Å². The summed E-state index contributed by atoms with van der Waals surface area (Å²) >= 11 is 5.98. The molecule has 0 radical (unpaired) electrons. The highest BCUT2D eigenvalue weighted by molar-refractivity contribution is 6.30. The Morgan fingerprint density at radius 3 is 2.12 bits per heavy atom. The van der Waals surface area contributed by atoms with Crippen molar-refractivity contribution in [3.63, 3.8) is 0 Å². The van der Waals surface area contributed by atoms with Gasteiger partial charge in [0.05, 0.1) is 0 Å². The van der Waals surface area contributed by atoms with E-state index in [1.807, 2.05) is 50.1 Å². The third kappa shape index (κ3) is 5.70. The van der Waals surface area contributed by atoms with Crippen molar-refractivity contribution in [3.05, 3.63) is 69.8 Å². The average Bonchev–Trinajstić information content (AvgIpc) is 2.55. The predicted octanol–water partition coefficient (Wildman–Crippen LogP) is 4.06. The van der Waals surface area contributed by atoms with E-state index in [4.69, 9.17) is 11.6 Å². The molecule has 0 saturated heterocycles. The van der Waals surface area contributed by atoms with Gasteiger partial charge in [-0.15, -0.1) is 0 Å². The number of hydrogen-bond donors (Lipinski definition) is 1. The lowest BCUT2D eigenvalue weighted by atomic mass is 10.00. The van der Waals surface area contributed by atoms with Crippen LogP contribution < -0.4 is 0 Å². The summed E-state index contributed by atoms with van der Waals surface area (Å²) in [7, 11) is 7.72. The Hall–Kier alpha value is -2.14. The standard InChI is InChI=1S/C21H25ClN2O2/c1-23(2)13-17-11-16(12-18(21(17)26)14-24(3)4)20(25)9-8-15-6-5-7-19(22)10-15/h5-12,26H,13-14H2,1-4H3/b9-8-. The summed E-state index contributed by atoms with van der Waals surface area (Å²) in [6.07, 6.45) is 3.29. The molecule has 26 heavy (non-hydrogen) atoms. The zero-order valence-electron chi connectivity index (χ0n) is 15.7. The number of rotatable bonds is 7. The fraction of sp³-hybridized carbons (Fsp3) is 0.286. The van der Waals surface area contributed by atoms with Crippen molar-refractivity contribution in [2.45, 2.75) is 13.1 Å². The first kappa shape index (κ1) is 20.2. The molecular weight excluding hydrogens is 348 g/mol. The highest BCUT2D eigenvalue weighted by Gasteiger charge is 2.14. The van der Waals surface area contributed by atoms with Crippen molar-refractivity contribution in [3.8, 4) is 5.75 Å². The molecule has 0 aliphatic carbocycles. The van der Waals surface area contributed by atoms with Crippen LogP contribution in [0.4, 0.5) is 0 Å². The number of allylic oxidation sites excluding steroid dienone is 1. The Morgan fingerprint density at radius 1 is 1.04 bits per heavy atom. The van der Waals surface area contributed by atoms with Crippen LogP contribution in [-0.2, 0) is 13.1 Å². The molecule has 0 spiro atoms. The number of phenols is 1. The monoisotopic (exact) mass is 372 g/mol. The fourth-order valence-electron chi connectivity index (χ4n) is 2.70. The number of benzene rings is 2. The Labute approximate surface area is 160 Å². The van der Waals surface area contributed by atoms with Gasteiger partial charge in [-0.1, -0.05) is 29.8 Å². The summed E-state index contributed by atoms with van der Waals surface area (Å²) in [5, 5.41) is 11.2. The van der Waals surface area contributed by atoms with Crippen molar-refractivity contribution in [2.75, 3.05) is 28.2 Å². The maximum Gasteiger partial charge on any atom is 0.185 e. The van der Waals surface area contributed by atoms with Gasteiger partial charge in [0.15, 0.2) is 5.78 Å². The summed E-state index contributed by atoms with van der Waals surface area (Å²) in [6, 6.07) is 10.9. The third-order valence-corrected chi connectivity index (χ3v) is 4.04. The Balaban J connectivity index is 2.35. The van der Waals surface area contributed by atoms with Crippen molar-refractivity contribution < 1.29 is 9.90 Å². The van der Waals surface area contributed by atoms with Crippen LogP contribution in [0.25, 0.3) is 6.08 Å². The van der Waals surface area contributed by atoms with Gasteiger partial charge in [-0.2, -0.15) is 0 Å². The molecule has 0 saturated carbocycles. The van der Waals surface area contributed by atoms with E-state index in [1.165, 1.54) is 6.08 Å². The van der Waals surface area contributed by atoms with Gasteiger partial charge in [0.2, 0.25) is 0 Å². The first-order valence-electron chi connectivity index (χ1n) is 8.38. The quantitative estimate of drug-likeness (QED) is 0.588. The molecule has 2 aromatic rings. The third-order valence-electron chi connectivity index (χ3n) is 3.80. The van der Waals surface area contributed by atoms with Crippen LogP contribution in [-0.4, -0.2) is 48.9 Å². The molecule has 1 N–H and O–H groups in total. The molecule has 4 nitrogen and oxygen atoms in total. The molecular formula is C21H25ClN2O2.